The van der Waals surface area contributed by atoms with E-state index in [0.717, 1.165) is 24.0 Å². The van der Waals surface area contributed by atoms with Crippen molar-refractivity contribution in [3.8, 4) is 24.7 Å². The predicted molar refractivity (Wildman–Crippen MR) is 98.0 cm³/mol. The smallest absolute Gasteiger partial charge is 0.0402 e. The molecule has 0 radical (unpaired) electrons. The molecule has 0 amide bonds. The maximum absolute atomic E-state index is 5.62. The van der Waals surface area contributed by atoms with E-state index in [2.05, 4.69) is 37.8 Å². The lowest BCUT2D eigenvalue weighted by atomic mass is 9.92. The Hall–Kier alpha value is -1.66. The molecule has 0 fully saturated rings. The van der Waals surface area contributed by atoms with E-state index in [-0.39, 0.29) is 0 Å². The molecule has 1 aromatic rings. The Morgan fingerprint density at radius 2 is 1.09 bits per heavy atom. The lowest BCUT2D eigenvalue weighted by molar-refractivity contribution is 0.650. The average molecular weight is 294 g/mol. The van der Waals surface area contributed by atoms with Gasteiger partial charge in [0.15, 0.2) is 0 Å². The van der Waals surface area contributed by atoms with Crippen LogP contribution in [0, 0.1) is 24.7 Å². The van der Waals surface area contributed by atoms with Crippen molar-refractivity contribution >= 4 is 0 Å². The molecule has 0 aliphatic heterocycles. The first-order chi connectivity index (χ1) is 10.8. The lowest BCUT2D eigenvalue weighted by Crippen LogP contribution is -1.99. The Morgan fingerprint density at radius 1 is 0.682 bits per heavy atom. The van der Waals surface area contributed by atoms with Gasteiger partial charge in [0.2, 0.25) is 0 Å². The topological polar surface area (TPSA) is 0 Å². The largest absolute Gasteiger partial charge is 0.115 e. The molecule has 0 aliphatic rings. The molecular formula is C22H30. The van der Waals surface area contributed by atoms with Crippen LogP contribution in [0.4, 0.5) is 0 Å². The van der Waals surface area contributed by atoms with E-state index in [1.165, 1.54) is 62.5 Å². The first-order valence-electron chi connectivity index (χ1n) is 8.85. The normalized spacial score (nSPS) is 10.2. The van der Waals surface area contributed by atoms with Gasteiger partial charge in [0.1, 0.15) is 0 Å². The third-order valence-electron chi connectivity index (χ3n) is 4.25. The van der Waals surface area contributed by atoms with Crippen LogP contribution in [0.25, 0.3) is 0 Å². The van der Waals surface area contributed by atoms with E-state index in [4.69, 9.17) is 12.8 Å². The summed E-state index contributed by atoms with van der Waals surface area (Å²) >= 11 is 0. The van der Waals surface area contributed by atoms with Gasteiger partial charge in [0, 0.05) is 11.1 Å². The zero-order valence-corrected chi connectivity index (χ0v) is 14.4. The van der Waals surface area contributed by atoms with Crippen molar-refractivity contribution in [3.05, 3.63) is 34.4 Å². The molecule has 1 rings (SSSR count). The lowest BCUT2D eigenvalue weighted by Gasteiger charge is -2.12. The van der Waals surface area contributed by atoms with Crippen LogP contribution in [0.5, 0.6) is 0 Å². The van der Waals surface area contributed by atoms with E-state index in [9.17, 15) is 0 Å². The molecule has 0 saturated heterocycles. The zero-order valence-electron chi connectivity index (χ0n) is 14.4. The highest BCUT2D eigenvalue weighted by atomic mass is 14.1. The highest BCUT2D eigenvalue weighted by molar-refractivity contribution is 5.53. The molecule has 0 bridgehead atoms. The maximum Gasteiger partial charge on any atom is 0.0402 e. The van der Waals surface area contributed by atoms with Crippen molar-refractivity contribution in [1.29, 1.82) is 0 Å². The number of hydrogen-bond donors (Lipinski definition) is 0. The van der Waals surface area contributed by atoms with Gasteiger partial charge in [-0.15, -0.1) is 12.8 Å². The fourth-order valence-electron chi connectivity index (χ4n) is 2.88. The molecule has 0 unspecified atom stereocenters. The number of aryl methyl sites for hydroxylation is 2. The summed E-state index contributed by atoms with van der Waals surface area (Å²) in [6.45, 7) is 4.49. The maximum atomic E-state index is 5.62. The Bertz CT molecular complexity index is 473. The second kappa shape index (κ2) is 11.0. The number of terminal acetylenes is 2. The van der Waals surface area contributed by atoms with Gasteiger partial charge < -0.3 is 0 Å². The number of hydrogen-bond acceptors (Lipinski definition) is 0. The molecule has 0 saturated carbocycles. The van der Waals surface area contributed by atoms with Crippen LogP contribution in [0.2, 0.25) is 0 Å². The van der Waals surface area contributed by atoms with Crippen molar-refractivity contribution in [1.82, 2.24) is 0 Å². The Labute approximate surface area is 137 Å². The van der Waals surface area contributed by atoms with Gasteiger partial charge in [-0.05, 0) is 48.9 Å². The molecule has 1 aromatic carbocycles. The molecule has 0 nitrogen and oxygen atoms in total. The van der Waals surface area contributed by atoms with Crippen LogP contribution in [0.15, 0.2) is 12.1 Å². The summed E-state index contributed by atoms with van der Waals surface area (Å²) in [6, 6.07) is 4.33. The standard InChI is InChI=1S/C22H30/c1-5-9-11-13-15-21-17-19(7-3)20(8-4)18-22(21)16-14-12-10-6-2/h3-4,17-18H,5-6,9-16H2,1-2H3. The number of rotatable bonds is 10. The molecular weight excluding hydrogens is 264 g/mol. The van der Waals surface area contributed by atoms with Crippen LogP contribution in [-0.4, -0.2) is 0 Å². The van der Waals surface area contributed by atoms with Crippen LogP contribution >= 0.6 is 0 Å². The van der Waals surface area contributed by atoms with Gasteiger partial charge in [-0.1, -0.05) is 64.2 Å². The van der Waals surface area contributed by atoms with Crippen molar-refractivity contribution in [2.24, 2.45) is 0 Å². The molecule has 0 aliphatic carbocycles. The van der Waals surface area contributed by atoms with Crippen LogP contribution < -0.4 is 0 Å². The molecule has 0 aromatic heterocycles. The third-order valence-corrected chi connectivity index (χ3v) is 4.25. The van der Waals surface area contributed by atoms with Gasteiger partial charge in [-0.3, -0.25) is 0 Å². The minimum atomic E-state index is 0.880. The summed E-state index contributed by atoms with van der Waals surface area (Å²) in [5.41, 5.74) is 4.59. The van der Waals surface area contributed by atoms with Gasteiger partial charge in [0.25, 0.3) is 0 Å². The summed E-state index contributed by atoms with van der Waals surface area (Å²) in [6.07, 6.45) is 23.8. The fraction of sp³-hybridized carbons (Fsp3) is 0.545. The molecule has 0 atom stereocenters. The van der Waals surface area contributed by atoms with Gasteiger partial charge in [-0.2, -0.15) is 0 Å². The predicted octanol–water partition coefficient (Wildman–Crippen LogP) is 5.89. The zero-order chi connectivity index (χ0) is 16.2. The van der Waals surface area contributed by atoms with E-state index < -0.39 is 0 Å². The van der Waals surface area contributed by atoms with Crippen LogP contribution in [0.3, 0.4) is 0 Å². The fourth-order valence-corrected chi connectivity index (χ4v) is 2.88. The van der Waals surface area contributed by atoms with E-state index in [0.29, 0.717) is 0 Å². The summed E-state index contributed by atoms with van der Waals surface area (Å²) in [7, 11) is 0. The summed E-state index contributed by atoms with van der Waals surface area (Å²) in [4.78, 5) is 0. The van der Waals surface area contributed by atoms with Gasteiger partial charge in [0.05, 0.1) is 0 Å². The van der Waals surface area contributed by atoms with Crippen molar-refractivity contribution < 1.29 is 0 Å². The van der Waals surface area contributed by atoms with Crippen molar-refractivity contribution in [2.45, 2.75) is 78.1 Å². The van der Waals surface area contributed by atoms with Crippen molar-refractivity contribution in [3.63, 3.8) is 0 Å². The van der Waals surface area contributed by atoms with E-state index in [1.807, 2.05) is 0 Å². The minimum Gasteiger partial charge on any atom is -0.115 e. The Morgan fingerprint density at radius 3 is 1.41 bits per heavy atom. The first-order valence-corrected chi connectivity index (χ1v) is 8.85. The van der Waals surface area contributed by atoms with Crippen molar-refractivity contribution in [2.75, 3.05) is 0 Å². The average Bonchev–Trinajstić information content (AvgIpc) is 2.55. The highest BCUT2D eigenvalue weighted by Crippen LogP contribution is 2.21. The van der Waals surface area contributed by atoms with Crippen LogP contribution in [-0.2, 0) is 12.8 Å². The minimum absolute atomic E-state index is 0.880. The molecule has 0 heteroatoms. The number of unbranched alkanes of at least 4 members (excludes halogenated alkanes) is 6. The SMILES string of the molecule is C#Cc1cc(CCCCCC)c(CCCCCC)cc1C#C. The molecule has 0 heterocycles. The molecule has 0 spiro atoms. The van der Waals surface area contributed by atoms with Crippen LogP contribution in [0.1, 0.15) is 87.5 Å². The van der Waals surface area contributed by atoms with Gasteiger partial charge in [-0.25, -0.2) is 0 Å². The van der Waals surface area contributed by atoms with Gasteiger partial charge >= 0.3 is 0 Å². The third kappa shape index (κ3) is 5.99. The quantitative estimate of drug-likeness (QED) is 0.372. The van der Waals surface area contributed by atoms with E-state index in [1.54, 1.807) is 0 Å². The molecule has 22 heavy (non-hydrogen) atoms. The van der Waals surface area contributed by atoms with E-state index >= 15 is 0 Å². The highest BCUT2D eigenvalue weighted by Gasteiger charge is 2.08. The molecule has 0 N–H and O–H groups in total. The second-order valence-electron chi connectivity index (χ2n) is 6.08. The first kappa shape index (κ1) is 18.4. The monoisotopic (exact) mass is 294 g/mol. The summed E-state index contributed by atoms with van der Waals surface area (Å²) < 4.78 is 0. The summed E-state index contributed by atoms with van der Waals surface area (Å²) in [5.74, 6) is 5.50. The second-order valence-corrected chi connectivity index (χ2v) is 6.08. The Balaban J connectivity index is 2.84. The summed E-state index contributed by atoms with van der Waals surface area (Å²) in [5, 5.41) is 0. The molecule has 118 valence electrons. The number of benzene rings is 1. The Kier molecular flexibility index (Phi) is 9.18.